The van der Waals surface area contributed by atoms with E-state index in [9.17, 15) is 22.8 Å². The molecule has 0 bridgehead atoms. The predicted octanol–water partition coefficient (Wildman–Crippen LogP) is 3.74. The number of anilines is 1. The summed E-state index contributed by atoms with van der Waals surface area (Å²) in [4.78, 5) is 23.7. The highest BCUT2D eigenvalue weighted by atomic mass is 19.2. The van der Waals surface area contributed by atoms with Crippen LogP contribution in [0.1, 0.15) is 30.9 Å². The average Bonchev–Trinajstić information content (AvgIpc) is 2.66. The Bertz CT molecular complexity index is 808. The molecule has 0 atom stereocenters. The van der Waals surface area contributed by atoms with E-state index in [0.717, 1.165) is 30.9 Å². The summed E-state index contributed by atoms with van der Waals surface area (Å²) >= 11 is 0. The van der Waals surface area contributed by atoms with Crippen LogP contribution in [0.25, 0.3) is 0 Å². The fourth-order valence-electron chi connectivity index (χ4n) is 2.45. The minimum Gasteiger partial charge on any atom is -0.347 e. The van der Waals surface area contributed by atoms with Gasteiger partial charge in [0, 0.05) is 0 Å². The number of aryl methyl sites for hydroxylation is 1. The maximum atomic E-state index is 13.5. The smallest absolute Gasteiger partial charge is 0.243 e. The number of carbonyl (C=O) groups is 2. The lowest BCUT2D eigenvalue weighted by atomic mass is 10.0. The monoisotopic (exact) mass is 378 g/mol. The summed E-state index contributed by atoms with van der Waals surface area (Å²) in [5.74, 6) is -5.63. The van der Waals surface area contributed by atoms with E-state index in [1.807, 2.05) is 24.3 Å². The minimum absolute atomic E-state index is 0.0981. The maximum absolute atomic E-state index is 13.5. The number of hydrogen-bond acceptors (Lipinski definition) is 2. The quantitative estimate of drug-likeness (QED) is 0.688. The van der Waals surface area contributed by atoms with Crippen LogP contribution < -0.4 is 10.6 Å². The van der Waals surface area contributed by atoms with Gasteiger partial charge in [0.1, 0.15) is 0 Å². The van der Waals surface area contributed by atoms with E-state index < -0.39 is 35.6 Å². The molecule has 0 aromatic heterocycles. The molecular weight excluding hydrogens is 357 g/mol. The van der Waals surface area contributed by atoms with Crippen LogP contribution in [0.3, 0.4) is 0 Å². The molecule has 4 nitrogen and oxygen atoms in total. The number of hydrogen-bond donors (Lipinski definition) is 2. The van der Waals surface area contributed by atoms with Gasteiger partial charge in [-0.1, -0.05) is 37.6 Å². The van der Waals surface area contributed by atoms with Gasteiger partial charge in [0.2, 0.25) is 11.8 Å². The van der Waals surface area contributed by atoms with Crippen molar-refractivity contribution in [2.75, 3.05) is 11.9 Å². The van der Waals surface area contributed by atoms with Crippen molar-refractivity contribution < 1.29 is 22.8 Å². The van der Waals surface area contributed by atoms with Crippen LogP contribution in [-0.4, -0.2) is 18.4 Å². The van der Waals surface area contributed by atoms with Gasteiger partial charge in [0.15, 0.2) is 17.5 Å². The Kier molecular flexibility index (Phi) is 7.40. The first-order valence-corrected chi connectivity index (χ1v) is 8.68. The van der Waals surface area contributed by atoms with Crippen molar-refractivity contribution in [1.82, 2.24) is 5.32 Å². The SMILES string of the molecule is CCCCc1ccc(CC(=O)NCC(=O)Nc2ccc(F)c(F)c2F)cc1. The van der Waals surface area contributed by atoms with Crippen molar-refractivity contribution in [3.05, 3.63) is 65.0 Å². The topological polar surface area (TPSA) is 58.2 Å². The van der Waals surface area contributed by atoms with Gasteiger partial charge in [0.05, 0.1) is 18.7 Å². The van der Waals surface area contributed by atoms with Gasteiger partial charge < -0.3 is 10.6 Å². The molecule has 27 heavy (non-hydrogen) atoms. The fraction of sp³-hybridized carbons (Fsp3) is 0.300. The first-order valence-electron chi connectivity index (χ1n) is 8.68. The van der Waals surface area contributed by atoms with E-state index in [4.69, 9.17) is 0 Å². The van der Waals surface area contributed by atoms with Crippen LogP contribution in [0.4, 0.5) is 18.9 Å². The van der Waals surface area contributed by atoms with Crippen LogP contribution in [0.2, 0.25) is 0 Å². The molecular formula is C20H21F3N2O2. The van der Waals surface area contributed by atoms with Crippen molar-refractivity contribution in [1.29, 1.82) is 0 Å². The van der Waals surface area contributed by atoms with Gasteiger partial charge >= 0.3 is 0 Å². The number of amides is 2. The van der Waals surface area contributed by atoms with E-state index in [1.54, 1.807) is 0 Å². The Hall–Kier alpha value is -2.83. The Morgan fingerprint density at radius 3 is 2.22 bits per heavy atom. The van der Waals surface area contributed by atoms with Gasteiger partial charge in [-0.15, -0.1) is 0 Å². The molecule has 2 rings (SSSR count). The molecule has 2 aromatic rings. The standard InChI is InChI=1S/C20H21F3N2O2/c1-2-3-4-13-5-7-14(8-6-13)11-17(26)24-12-18(27)25-16-10-9-15(21)19(22)20(16)23/h5-10H,2-4,11-12H2,1H3,(H,24,26)(H,25,27). The van der Waals surface area contributed by atoms with E-state index in [2.05, 4.69) is 17.6 Å². The van der Waals surface area contributed by atoms with Gasteiger partial charge in [-0.05, 0) is 36.1 Å². The summed E-state index contributed by atoms with van der Waals surface area (Å²) in [6, 6.07) is 9.28. The summed E-state index contributed by atoms with van der Waals surface area (Å²) in [5, 5.41) is 4.49. The van der Waals surface area contributed by atoms with Crippen LogP contribution in [0, 0.1) is 17.5 Å². The molecule has 2 aromatic carbocycles. The number of benzene rings is 2. The molecule has 2 amide bonds. The average molecular weight is 378 g/mol. The number of nitrogens with one attached hydrogen (secondary N) is 2. The van der Waals surface area contributed by atoms with Crippen LogP contribution in [0.5, 0.6) is 0 Å². The van der Waals surface area contributed by atoms with Crippen molar-refractivity contribution >= 4 is 17.5 Å². The largest absolute Gasteiger partial charge is 0.347 e. The molecule has 0 heterocycles. The summed E-state index contributed by atoms with van der Waals surface area (Å²) in [7, 11) is 0. The van der Waals surface area contributed by atoms with Crippen molar-refractivity contribution in [2.24, 2.45) is 0 Å². The van der Waals surface area contributed by atoms with Crippen LogP contribution in [0.15, 0.2) is 36.4 Å². The number of halogens is 3. The molecule has 7 heteroatoms. The third-order valence-electron chi connectivity index (χ3n) is 3.96. The predicted molar refractivity (Wildman–Crippen MR) is 96.7 cm³/mol. The molecule has 0 fully saturated rings. The third-order valence-corrected chi connectivity index (χ3v) is 3.96. The van der Waals surface area contributed by atoms with E-state index in [-0.39, 0.29) is 12.3 Å². The Morgan fingerprint density at radius 2 is 1.56 bits per heavy atom. The summed E-state index contributed by atoms with van der Waals surface area (Å²) in [5.41, 5.74) is 1.52. The molecule has 0 aliphatic carbocycles. The lowest BCUT2D eigenvalue weighted by Crippen LogP contribution is -2.34. The van der Waals surface area contributed by atoms with E-state index >= 15 is 0 Å². The summed E-state index contributed by atoms with van der Waals surface area (Å²) < 4.78 is 39.5. The second kappa shape index (κ2) is 9.75. The van der Waals surface area contributed by atoms with Gasteiger partial charge in [-0.3, -0.25) is 9.59 Å². The zero-order valence-corrected chi connectivity index (χ0v) is 15.0. The van der Waals surface area contributed by atoms with E-state index in [0.29, 0.717) is 6.07 Å². The highest BCUT2D eigenvalue weighted by Crippen LogP contribution is 2.19. The van der Waals surface area contributed by atoms with Gasteiger partial charge in [0.25, 0.3) is 0 Å². The third kappa shape index (κ3) is 6.13. The molecule has 144 valence electrons. The summed E-state index contributed by atoms with van der Waals surface area (Å²) in [6.45, 7) is 1.71. The van der Waals surface area contributed by atoms with Gasteiger partial charge in [-0.25, -0.2) is 13.2 Å². The lowest BCUT2D eigenvalue weighted by molar-refractivity contribution is -0.123. The Balaban J connectivity index is 1.81. The highest BCUT2D eigenvalue weighted by Gasteiger charge is 2.15. The molecule has 0 saturated carbocycles. The molecule has 0 spiro atoms. The first-order chi connectivity index (χ1) is 12.9. The zero-order chi connectivity index (χ0) is 19.8. The zero-order valence-electron chi connectivity index (χ0n) is 15.0. The van der Waals surface area contributed by atoms with Crippen LogP contribution >= 0.6 is 0 Å². The van der Waals surface area contributed by atoms with Crippen molar-refractivity contribution in [3.8, 4) is 0 Å². The molecule has 0 unspecified atom stereocenters. The number of unbranched alkanes of at least 4 members (excludes halogenated alkanes) is 1. The number of carbonyl (C=O) groups excluding carboxylic acids is 2. The van der Waals surface area contributed by atoms with Gasteiger partial charge in [-0.2, -0.15) is 0 Å². The minimum atomic E-state index is -1.67. The van der Waals surface area contributed by atoms with Crippen LogP contribution in [-0.2, 0) is 22.4 Å². The summed E-state index contributed by atoms with van der Waals surface area (Å²) in [6.07, 6.45) is 3.30. The lowest BCUT2D eigenvalue weighted by Gasteiger charge is -2.09. The Labute approximate surface area is 155 Å². The van der Waals surface area contributed by atoms with Crippen molar-refractivity contribution in [2.45, 2.75) is 32.6 Å². The molecule has 0 saturated heterocycles. The molecule has 0 aliphatic heterocycles. The first kappa shape index (κ1) is 20.5. The normalized spacial score (nSPS) is 10.5. The molecule has 2 N–H and O–H groups in total. The second-order valence-corrected chi connectivity index (χ2v) is 6.14. The molecule has 0 aliphatic rings. The number of rotatable bonds is 8. The molecule has 0 radical (unpaired) electrons. The van der Waals surface area contributed by atoms with Crippen molar-refractivity contribution in [3.63, 3.8) is 0 Å². The Morgan fingerprint density at radius 1 is 0.889 bits per heavy atom. The fourth-order valence-corrected chi connectivity index (χ4v) is 2.45. The maximum Gasteiger partial charge on any atom is 0.243 e. The second-order valence-electron chi connectivity index (χ2n) is 6.14. The van der Waals surface area contributed by atoms with E-state index in [1.165, 1.54) is 5.56 Å². The highest BCUT2D eigenvalue weighted by molar-refractivity contribution is 5.94.